The standard InChI is InChI=1S/C26H27BrClN3O4S/c1-29-26(33)24(15-19-9-4-3-5-10-19)30(17-20-11-6-7-14-23(20)28)25(32)18-31(36(2,34)35)22-13-8-12-21(27)16-22/h3-14,16,24H,15,17-18H2,1-2H3,(H,29,33). The monoisotopic (exact) mass is 591 g/mol. The molecule has 3 rings (SSSR count). The molecule has 190 valence electrons. The molecule has 0 heterocycles. The Balaban J connectivity index is 2.04. The van der Waals surface area contributed by atoms with Crippen LogP contribution in [-0.4, -0.2) is 51.0 Å². The topological polar surface area (TPSA) is 86.8 Å². The van der Waals surface area contributed by atoms with Gasteiger partial charge in [0.25, 0.3) is 0 Å². The highest BCUT2D eigenvalue weighted by Crippen LogP contribution is 2.24. The summed E-state index contributed by atoms with van der Waals surface area (Å²) in [5.74, 6) is -0.905. The van der Waals surface area contributed by atoms with Gasteiger partial charge in [-0.2, -0.15) is 0 Å². The molecule has 0 saturated heterocycles. The van der Waals surface area contributed by atoms with Crippen molar-refractivity contribution < 1.29 is 18.0 Å². The van der Waals surface area contributed by atoms with Gasteiger partial charge < -0.3 is 10.2 Å². The van der Waals surface area contributed by atoms with E-state index in [0.717, 1.165) is 16.1 Å². The minimum Gasteiger partial charge on any atom is -0.357 e. The van der Waals surface area contributed by atoms with Crippen LogP contribution in [0, 0.1) is 0 Å². The van der Waals surface area contributed by atoms with Crippen LogP contribution in [0.25, 0.3) is 0 Å². The molecule has 0 radical (unpaired) electrons. The maximum absolute atomic E-state index is 13.8. The van der Waals surface area contributed by atoms with Gasteiger partial charge in [0.2, 0.25) is 21.8 Å². The van der Waals surface area contributed by atoms with Crippen LogP contribution >= 0.6 is 27.5 Å². The molecule has 10 heteroatoms. The number of likely N-dealkylation sites (N-methyl/N-ethyl adjacent to an activating group) is 1. The van der Waals surface area contributed by atoms with Crippen LogP contribution in [-0.2, 0) is 32.6 Å². The summed E-state index contributed by atoms with van der Waals surface area (Å²) in [5, 5.41) is 3.08. The van der Waals surface area contributed by atoms with Crippen LogP contribution in [0.1, 0.15) is 11.1 Å². The summed E-state index contributed by atoms with van der Waals surface area (Å²) in [6.45, 7) is -0.457. The molecule has 1 unspecified atom stereocenters. The number of sulfonamides is 1. The Morgan fingerprint density at radius 1 is 1.00 bits per heavy atom. The normalized spacial score (nSPS) is 12.0. The Hall–Kier alpha value is -2.88. The van der Waals surface area contributed by atoms with Crippen molar-refractivity contribution in [2.45, 2.75) is 19.0 Å². The summed E-state index contributed by atoms with van der Waals surface area (Å²) in [6.07, 6.45) is 1.28. The Morgan fingerprint density at radius 2 is 1.67 bits per heavy atom. The van der Waals surface area contributed by atoms with Crippen LogP contribution in [0.5, 0.6) is 0 Å². The minimum atomic E-state index is -3.82. The Bertz CT molecular complexity index is 1320. The fourth-order valence-corrected chi connectivity index (χ4v) is 5.20. The van der Waals surface area contributed by atoms with Crippen molar-refractivity contribution in [2.75, 3.05) is 24.2 Å². The maximum Gasteiger partial charge on any atom is 0.244 e. The Kier molecular flexibility index (Phi) is 9.53. The second kappa shape index (κ2) is 12.4. The molecular formula is C26H27BrClN3O4S. The van der Waals surface area contributed by atoms with E-state index in [-0.39, 0.29) is 18.9 Å². The summed E-state index contributed by atoms with van der Waals surface area (Å²) < 4.78 is 27.1. The second-order valence-electron chi connectivity index (χ2n) is 8.18. The minimum absolute atomic E-state index is 0.0273. The van der Waals surface area contributed by atoms with E-state index in [1.165, 1.54) is 11.9 Å². The quantitative estimate of drug-likeness (QED) is 0.381. The third-order valence-electron chi connectivity index (χ3n) is 5.59. The van der Waals surface area contributed by atoms with Gasteiger partial charge in [0, 0.05) is 29.5 Å². The average Bonchev–Trinajstić information content (AvgIpc) is 2.85. The summed E-state index contributed by atoms with van der Waals surface area (Å²) in [7, 11) is -2.31. The van der Waals surface area contributed by atoms with Gasteiger partial charge in [-0.15, -0.1) is 0 Å². The van der Waals surface area contributed by atoms with Crippen molar-refractivity contribution in [3.05, 3.63) is 99.5 Å². The van der Waals surface area contributed by atoms with Crippen LogP contribution in [0.4, 0.5) is 5.69 Å². The van der Waals surface area contributed by atoms with E-state index in [4.69, 9.17) is 11.6 Å². The molecule has 0 aromatic heterocycles. The molecule has 7 nitrogen and oxygen atoms in total. The van der Waals surface area contributed by atoms with Gasteiger partial charge >= 0.3 is 0 Å². The van der Waals surface area contributed by atoms with Crippen molar-refractivity contribution in [2.24, 2.45) is 0 Å². The molecule has 3 aromatic carbocycles. The predicted octanol–water partition coefficient (Wildman–Crippen LogP) is 4.25. The van der Waals surface area contributed by atoms with Crippen LogP contribution in [0.2, 0.25) is 5.02 Å². The number of carbonyl (C=O) groups is 2. The van der Waals surface area contributed by atoms with Gasteiger partial charge in [-0.05, 0) is 35.4 Å². The number of hydrogen-bond donors (Lipinski definition) is 1. The molecule has 0 fully saturated rings. The van der Waals surface area contributed by atoms with Gasteiger partial charge in [-0.1, -0.05) is 82.1 Å². The number of anilines is 1. The smallest absolute Gasteiger partial charge is 0.244 e. The van der Waals surface area contributed by atoms with Crippen molar-refractivity contribution in [3.63, 3.8) is 0 Å². The van der Waals surface area contributed by atoms with E-state index < -0.39 is 28.5 Å². The summed E-state index contributed by atoms with van der Waals surface area (Å²) in [5.41, 5.74) is 1.83. The number of amides is 2. The lowest BCUT2D eigenvalue weighted by Crippen LogP contribution is -2.52. The van der Waals surface area contributed by atoms with Gasteiger partial charge in [-0.3, -0.25) is 13.9 Å². The van der Waals surface area contributed by atoms with Crippen molar-refractivity contribution >= 4 is 55.1 Å². The summed E-state index contributed by atoms with van der Waals surface area (Å²) in [4.78, 5) is 28.3. The largest absolute Gasteiger partial charge is 0.357 e. The molecule has 1 N–H and O–H groups in total. The van der Waals surface area contributed by atoms with Crippen LogP contribution in [0.3, 0.4) is 0 Å². The highest BCUT2D eigenvalue weighted by atomic mass is 79.9. The van der Waals surface area contributed by atoms with Crippen LogP contribution < -0.4 is 9.62 Å². The van der Waals surface area contributed by atoms with E-state index in [9.17, 15) is 18.0 Å². The first-order valence-corrected chi connectivity index (χ1v) is 14.1. The zero-order chi connectivity index (χ0) is 26.3. The third kappa shape index (κ3) is 7.32. The number of halogens is 2. The van der Waals surface area contributed by atoms with E-state index in [0.29, 0.717) is 20.7 Å². The highest BCUT2D eigenvalue weighted by molar-refractivity contribution is 9.10. The number of rotatable bonds is 10. The fraction of sp³-hybridized carbons (Fsp3) is 0.231. The van der Waals surface area contributed by atoms with Gasteiger partial charge in [-0.25, -0.2) is 8.42 Å². The first-order valence-electron chi connectivity index (χ1n) is 11.1. The zero-order valence-electron chi connectivity index (χ0n) is 19.9. The van der Waals surface area contributed by atoms with Gasteiger partial charge in [0.15, 0.2) is 0 Å². The maximum atomic E-state index is 13.8. The molecule has 0 saturated carbocycles. The van der Waals surface area contributed by atoms with E-state index in [2.05, 4.69) is 21.2 Å². The van der Waals surface area contributed by atoms with Crippen molar-refractivity contribution in [1.82, 2.24) is 10.2 Å². The lowest BCUT2D eigenvalue weighted by molar-refractivity contribution is -0.139. The number of nitrogens with one attached hydrogen (secondary N) is 1. The Labute approximate surface area is 225 Å². The lowest BCUT2D eigenvalue weighted by atomic mass is 10.0. The van der Waals surface area contributed by atoms with E-state index >= 15 is 0 Å². The fourth-order valence-electron chi connectivity index (χ4n) is 3.78. The van der Waals surface area contributed by atoms with E-state index in [1.807, 2.05) is 30.3 Å². The summed E-state index contributed by atoms with van der Waals surface area (Å²) in [6, 6.07) is 22.1. The van der Waals surface area contributed by atoms with Gasteiger partial charge in [0.05, 0.1) is 11.9 Å². The number of hydrogen-bond acceptors (Lipinski definition) is 4. The molecule has 3 aromatic rings. The van der Waals surface area contributed by atoms with Crippen LogP contribution in [0.15, 0.2) is 83.3 Å². The molecule has 0 spiro atoms. The molecule has 1 atom stereocenters. The molecular weight excluding hydrogens is 566 g/mol. The molecule has 0 aliphatic rings. The van der Waals surface area contributed by atoms with Crippen molar-refractivity contribution in [3.8, 4) is 0 Å². The lowest BCUT2D eigenvalue weighted by Gasteiger charge is -2.33. The van der Waals surface area contributed by atoms with Crippen molar-refractivity contribution in [1.29, 1.82) is 0 Å². The first kappa shape index (κ1) is 27.7. The summed E-state index contributed by atoms with van der Waals surface area (Å²) >= 11 is 9.74. The second-order valence-corrected chi connectivity index (χ2v) is 11.4. The zero-order valence-corrected chi connectivity index (χ0v) is 23.1. The predicted molar refractivity (Wildman–Crippen MR) is 146 cm³/mol. The molecule has 36 heavy (non-hydrogen) atoms. The number of benzene rings is 3. The van der Waals surface area contributed by atoms with Gasteiger partial charge in [0.1, 0.15) is 12.6 Å². The Morgan fingerprint density at radius 3 is 2.28 bits per heavy atom. The number of nitrogens with zero attached hydrogens (tertiary/aromatic N) is 2. The third-order valence-corrected chi connectivity index (χ3v) is 7.59. The first-order chi connectivity index (χ1) is 17.1. The average molecular weight is 593 g/mol. The molecule has 0 aliphatic heterocycles. The number of carbonyl (C=O) groups excluding carboxylic acids is 2. The molecule has 0 bridgehead atoms. The molecule has 2 amide bonds. The molecule has 0 aliphatic carbocycles. The van der Waals surface area contributed by atoms with E-state index in [1.54, 1.807) is 48.5 Å². The highest BCUT2D eigenvalue weighted by Gasteiger charge is 2.32. The SMILES string of the molecule is CNC(=O)C(Cc1ccccc1)N(Cc1ccccc1Cl)C(=O)CN(c1cccc(Br)c1)S(C)(=O)=O.